The van der Waals surface area contributed by atoms with E-state index in [0.717, 1.165) is 11.1 Å². The van der Waals surface area contributed by atoms with Crippen molar-refractivity contribution < 1.29 is 10.4 Å². The molecule has 0 fully saturated rings. The fourth-order valence-corrected chi connectivity index (χ4v) is 2.38. The minimum atomic E-state index is 0. The fourth-order valence-electron chi connectivity index (χ4n) is 2.38. The van der Waals surface area contributed by atoms with Crippen LogP contribution in [0.3, 0.4) is 0 Å². The van der Waals surface area contributed by atoms with E-state index in [1.165, 1.54) is 0 Å². The highest BCUT2D eigenvalue weighted by molar-refractivity contribution is 5.97. The first-order chi connectivity index (χ1) is 12.6. The summed E-state index contributed by atoms with van der Waals surface area (Å²) >= 11 is 0. The second-order valence-electron chi connectivity index (χ2n) is 5.41. The van der Waals surface area contributed by atoms with Gasteiger partial charge in [-0.05, 0) is 0 Å². The topological polar surface area (TPSA) is 143 Å². The van der Waals surface area contributed by atoms with Gasteiger partial charge in [0.1, 0.15) is 0 Å². The van der Waals surface area contributed by atoms with Crippen molar-refractivity contribution in [3.05, 3.63) is 72.1 Å². The van der Waals surface area contributed by atoms with Crippen LogP contribution in [0.1, 0.15) is 11.1 Å². The van der Waals surface area contributed by atoms with Gasteiger partial charge in [0.2, 0.25) is 0 Å². The van der Waals surface area contributed by atoms with E-state index < -0.39 is 0 Å². The van der Waals surface area contributed by atoms with Crippen LogP contribution in [0.4, 0.5) is 0 Å². The van der Waals surface area contributed by atoms with Crippen molar-refractivity contribution in [3.63, 3.8) is 0 Å². The molecule has 0 saturated heterocycles. The van der Waals surface area contributed by atoms with Crippen molar-refractivity contribution in [2.45, 2.75) is 0 Å². The molecule has 0 saturated carbocycles. The SMILES string of the molecule is Cl.Cl.N/C(=N/O)c1ccc(-c2cncc(-c3ccc(/C(N)=N\O)cc3)n2)cc1. The summed E-state index contributed by atoms with van der Waals surface area (Å²) in [6.45, 7) is 0. The summed E-state index contributed by atoms with van der Waals surface area (Å²) in [5.41, 5.74) is 15.4. The lowest BCUT2D eigenvalue weighted by Crippen LogP contribution is -2.12. The Morgan fingerprint density at radius 2 is 1.04 bits per heavy atom. The molecule has 1 heterocycles. The van der Waals surface area contributed by atoms with Crippen LogP contribution >= 0.6 is 24.8 Å². The molecule has 10 heteroatoms. The van der Waals surface area contributed by atoms with Gasteiger partial charge in [-0.25, -0.2) is 4.98 Å². The van der Waals surface area contributed by atoms with Crippen molar-refractivity contribution in [1.29, 1.82) is 0 Å². The van der Waals surface area contributed by atoms with Crippen LogP contribution in [0, 0.1) is 0 Å². The largest absolute Gasteiger partial charge is 0.409 e. The van der Waals surface area contributed by atoms with Gasteiger partial charge in [-0.15, -0.1) is 24.8 Å². The molecule has 0 bridgehead atoms. The van der Waals surface area contributed by atoms with Gasteiger partial charge in [-0.3, -0.25) is 4.98 Å². The number of benzene rings is 2. The first kappa shape index (κ1) is 22.7. The van der Waals surface area contributed by atoms with Crippen molar-refractivity contribution in [2.24, 2.45) is 21.8 Å². The molecule has 146 valence electrons. The van der Waals surface area contributed by atoms with Crippen molar-refractivity contribution in [1.82, 2.24) is 9.97 Å². The number of amidine groups is 2. The van der Waals surface area contributed by atoms with Gasteiger partial charge in [-0.1, -0.05) is 58.8 Å². The lowest BCUT2D eigenvalue weighted by atomic mass is 10.1. The molecule has 0 spiro atoms. The third-order valence-electron chi connectivity index (χ3n) is 3.80. The number of nitrogens with two attached hydrogens (primary N) is 2. The number of halogens is 2. The van der Waals surface area contributed by atoms with Gasteiger partial charge in [0.25, 0.3) is 0 Å². The maximum Gasteiger partial charge on any atom is 0.170 e. The molecule has 0 amide bonds. The molecular weight excluding hydrogens is 403 g/mol. The smallest absolute Gasteiger partial charge is 0.170 e. The lowest BCUT2D eigenvalue weighted by molar-refractivity contribution is 0.318. The lowest BCUT2D eigenvalue weighted by Gasteiger charge is -2.06. The van der Waals surface area contributed by atoms with Gasteiger partial charge in [-0.2, -0.15) is 0 Å². The molecule has 8 nitrogen and oxygen atoms in total. The van der Waals surface area contributed by atoms with Gasteiger partial charge < -0.3 is 21.9 Å². The molecular formula is C18H18Cl2N6O2. The summed E-state index contributed by atoms with van der Waals surface area (Å²) in [5.74, 6) is 0.0873. The Hall–Kier alpha value is -3.36. The molecule has 3 aromatic rings. The molecule has 6 N–H and O–H groups in total. The number of hydrogen-bond donors (Lipinski definition) is 4. The predicted molar refractivity (Wildman–Crippen MR) is 112 cm³/mol. The number of rotatable bonds is 4. The maximum atomic E-state index is 8.72. The highest BCUT2D eigenvalue weighted by Crippen LogP contribution is 2.22. The van der Waals surface area contributed by atoms with Crippen LogP contribution < -0.4 is 11.5 Å². The Balaban J connectivity index is 0.00000196. The zero-order valence-corrected chi connectivity index (χ0v) is 16.1. The van der Waals surface area contributed by atoms with Crippen LogP contribution in [0.15, 0.2) is 71.2 Å². The number of hydrogen-bond acceptors (Lipinski definition) is 6. The van der Waals surface area contributed by atoms with Gasteiger partial charge in [0.15, 0.2) is 11.7 Å². The normalized spacial score (nSPS) is 11.3. The first-order valence-electron chi connectivity index (χ1n) is 7.61. The molecule has 2 aromatic carbocycles. The van der Waals surface area contributed by atoms with Crippen LogP contribution in [0.5, 0.6) is 0 Å². The Labute approximate surface area is 173 Å². The van der Waals surface area contributed by atoms with Crippen molar-refractivity contribution in [2.75, 3.05) is 0 Å². The van der Waals surface area contributed by atoms with Gasteiger partial charge in [0, 0.05) is 22.3 Å². The van der Waals surface area contributed by atoms with E-state index >= 15 is 0 Å². The van der Waals surface area contributed by atoms with E-state index in [9.17, 15) is 0 Å². The quantitative estimate of drug-likeness (QED) is 0.221. The summed E-state index contributed by atoms with van der Waals surface area (Å²) < 4.78 is 0. The van der Waals surface area contributed by atoms with Gasteiger partial charge >= 0.3 is 0 Å². The summed E-state index contributed by atoms with van der Waals surface area (Å²) in [5, 5.41) is 23.4. The maximum absolute atomic E-state index is 8.72. The second-order valence-corrected chi connectivity index (χ2v) is 5.41. The standard InChI is InChI=1S/C18H16N6O2.2ClH/c19-17(23-25)13-5-1-11(2-6-13)15-9-21-10-16(22-15)12-3-7-14(8-4-12)18(20)24-26;;/h1-10,25-26H,(H2,19,23)(H2,20,24);2*1H. The van der Waals surface area contributed by atoms with Crippen LogP contribution in [0.25, 0.3) is 22.5 Å². The number of oxime groups is 2. The molecule has 28 heavy (non-hydrogen) atoms. The Morgan fingerprint density at radius 3 is 1.36 bits per heavy atom. The molecule has 0 aliphatic rings. The van der Waals surface area contributed by atoms with E-state index in [-0.39, 0.29) is 36.5 Å². The van der Waals surface area contributed by atoms with E-state index in [4.69, 9.17) is 21.9 Å². The summed E-state index contributed by atoms with van der Waals surface area (Å²) in [7, 11) is 0. The first-order valence-corrected chi connectivity index (χ1v) is 7.61. The molecule has 0 aliphatic heterocycles. The molecule has 0 aliphatic carbocycles. The highest BCUT2D eigenvalue weighted by Gasteiger charge is 2.07. The van der Waals surface area contributed by atoms with E-state index in [1.54, 1.807) is 36.7 Å². The van der Waals surface area contributed by atoms with Crippen LogP contribution in [-0.4, -0.2) is 32.1 Å². The second kappa shape index (κ2) is 10.1. The van der Waals surface area contributed by atoms with Gasteiger partial charge in [0.05, 0.1) is 23.8 Å². The fraction of sp³-hybridized carbons (Fsp3) is 0. The third kappa shape index (κ3) is 4.87. The summed E-state index contributed by atoms with van der Waals surface area (Å²) in [6.07, 6.45) is 3.32. The molecule has 0 radical (unpaired) electrons. The minimum Gasteiger partial charge on any atom is -0.409 e. The Morgan fingerprint density at radius 1 is 0.679 bits per heavy atom. The monoisotopic (exact) mass is 420 g/mol. The Kier molecular flexibility index (Phi) is 8.18. The zero-order chi connectivity index (χ0) is 18.5. The van der Waals surface area contributed by atoms with Crippen LogP contribution in [-0.2, 0) is 0 Å². The molecule has 0 unspecified atom stereocenters. The van der Waals surface area contributed by atoms with E-state index in [0.29, 0.717) is 22.5 Å². The highest BCUT2D eigenvalue weighted by atomic mass is 35.5. The van der Waals surface area contributed by atoms with E-state index in [1.807, 2.05) is 24.3 Å². The van der Waals surface area contributed by atoms with Crippen molar-refractivity contribution >= 4 is 36.5 Å². The number of nitrogens with zero attached hydrogens (tertiary/aromatic N) is 4. The summed E-state index contributed by atoms with van der Waals surface area (Å²) in [6, 6.07) is 14.3. The van der Waals surface area contributed by atoms with E-state index in [2.05, 4.69) is 20.3 Å². The molecule has 0 atom stereocenters. The van der Waals surface area contributed by atoms with Crippen LogP contribution in [0.2, 0.25) is 0 Å². The average molecular weight is 421 g/mol. The summed E-state index contributed by atoms with van der Waals surface area (Å²) in [4.78, 5) is 8.86. The Bertz CT molecular complexity index is 899. The predicted octanol–water partition coefficient (Wildman–Crippen LogP) is 2.84. The number of aromatic nitrogens is 2. The molecule has 3 rings (SSSR count). The van der Waals surface area contributed by atoms with Crippen molar-refractivity contribution in [3.8, 4) is 22.5 Å². The minimum absolute atomic E-state index is 0. The molecule has 1 aromatic heterocycles. The third-order valence-corrected chi connectivity index (χ3v) is 3.80. The zero-order valence-electron chi connectivity index (χ0n) is 14.4. The average Bonchev–Trinajstić information content (AvgIpc) is 2.73.